The summed E-state index contributed by atoms with van der Waals surface area (Å²) in [7, 11) is -3.63. The summed E-state index contributed by atoms with van der Waals surface area (Å²) in [5.41, 5.74) is 0. The standard InChI is InChI=1S/C10H19O5P/c1-8(2)14-16(12,15-9(3)4)13-7-6-10(5)11/h6-9H,1-5H3/b7-6+. The maximum absolute atomic E-state index is 12.0. The molecule has 5 nitrogen and oxygen atoms in total. The van der Waals surface area contributed by atoms with E-state index in [4.69, 9.17) is 13.6 Å². The van der Waals surface area contributed by atoms with Gasteiger partial charge in [-0.2, -0.15) is 0 Å². The first-order chi connectivity index (χ1) is 7.25. The highest BCUT2D eigenvalue weighted by Gasteiger charge is 2.29. The first-order valence-corrected chi connectivity index (χ1v) is 6.53. The number of phosphoric ester groups is 1. The van der Waals surface area contributed by atoms with E-state index in [1.165, 1.54) is 6.92 Å². The molecule has 0 aromatic rings. The SMILES string of the molecule is CC(=O)/C=C/OP(=O)(OC(C)C)OC(C)C. The lowest BCUT2D eigenvalue weighted by Gasteiger charge is -2.20. The summed E-state index contributed by atoms with van der Waals surface area (Å²) < 4.78 is 27.0. The lowest BCUT2D eigenvalue weighted by atomic mass is 10.4. The van der Waals surface area contributed by atoms with E-state index < -0.39 is 7.82 Å². The average molecular weight is 250 g/mol. The molecule has 0 heterocycles. The Morgan fingerprint density at radius 3 is 1.88 bits per heavy atom. The first-order valence-electron chi connectivity index (χ1n) is 5.07. The van der Waals surface area contributed by atoms with E-state index in [9.17, 15) is 9.36 Å². The van der Waals surface area contributed by atoms with Crippen LogP contribution in [0.4, 0.5) is 0 Å². The molecule has 0 rings (SSSR count). The van der Waals surface area contributed by atoms with Gasteiger partial charge in [0.15, 0.2) is 5.78 Å². The number of rotatable bonds is 7. The Balaban J connectivity index is 4.53. The summed E-state index contributed by atoms with van der Waals surface area (Å²) >= 11 is 0. The predicted molar refractivity (Wildman–Crippen MR) is 61.0 cm³/mol. The molecule has 16 heavy (non-hydrogen) atoms. The zero-order valence-corrected chi connectivity index (χ0v) is 11.2. The highest BCUT2D eigenvalue weighted by atomic mass is 31.2. The van der Waals surface area contributed by atoms with Crippen molar-refractivity contribution in [1.82, 2.24) is 0 Å². The second-order valence-corrected chi connectivity index (χ2v) is 5.30. The molecule has 0 saturated heterocycles. The molecule has 0 saturated carbocycles. The van der Waals surface area contributed by atoms with Crippen LogP contribution in [0.2, 0.25) is 0 Å². The summed E-state index contributed by atoms with van der Waals surface area (Å²) in [5, 5.41) is 0. The largest absolute Gasteiger partial charge is 0.529 e. The molecular formula is C10H19O5P. The Kier molecular flexibility index (Phi) is 6.56. The van der Waals surface area contributed by atoms with Crippen molar-refractivity contribution in [2.24, 2.45) is 0 Å². The molecule has 0 aliphatic rings. The van der Waals surface area contributed by atoms with Crippen molar-refractivity contribution in [2.45, 2.75) is 46.8 Å². The summed E-state index contributed by atoms with van der Waals surface area (Å²) in [6, 6.07) is 0. The monoisotopic (exact) mass is 250 g/mol. The van der Waals surface area contributed by atoms with Gasteiger partial charge in [0.2, 0.25) is 0 Å². The molecule has 6 heteroatoms. The molecule has 0 aliphatic carbocycles. The van der Waals surface area contributed by atoms with Crippen molar-refractivity contribution in [2.75, 3.05) is 0 Å². The van der Waals surface area contributed by atoms with Gasteiger partial charge < -0.3 is 4.52 Å². The minimum Gasteiger partial charge on any atom is -0.412 e. The van der Waals surface area contributed by atoms with Crippen molar-refractivity contribution in [1.29, 1.82) is 0 Å². The fourth-order valence-electron chi connectivity index (χ4n) is 0.792. The van der Waals surface area contributed by atoms with Gasteiger partial charge in [-0.25, -0.2) is 4.57 Å². The number of allylic oxidation sites excluding steroid dienone is 1. The van der Waals surface area contributed by atoms with Crippen molar-refractivity contribution >= 4 is 13.6 Å². The summed E-state index contributed by atoms with van der Waals surface area (Å²) in [6.07, 6.45) is 1.60. The van der Waals surface area contributed by atoms with Crippen molar-refractivity contribution in [3.8, 4) is 0 Å². The molecule has 0 N–H and O–H groups in total. The van der Waals surface area contributed by atoms with E-state index in [-0.39, 0.29) is 18.0 Å². The van der Waals surface area contributed by atoms with Gasteiger partial charge in [-0.1, -0.05) is 0 Å². The number of hydrogen-bond donors (Lipinski definition) is 0. The van der Waals surface area contributed by atoms with Crippen LogP contribution in [-0.4, -0.2) is 18.0 Å². The van der Waals surface area contributed by atoms with E-state index in [1.54, 1.807) is 27.7 Å². The zero-order valence-electron chi connectivity index (χ0n) is 10.3. The Hall–Kier alpha value is -0.640. The van der Waals surface area contributed by atoms with Crippen LogP contribution in [-0.2, 0) is 22.9 Å². The first kappa shape index (κ1) is 15.4. The third kappa shape index (κ3) is 7.63. The molecule has 0 aromatic carbocycles. The van der Waals surface area contributed by atoms with Crippen molar-refractivity contribution in [3.05, 3.63) is 12.3 Å². The number of carbonyl (C=O) groups excluding carboxylic acids is 1. The van der Waals surface area contributed by atoms with Gasteiger partial charge in [0, 0.05) is 6.08 Å². The molecule has 0 aromatic heterocycles. The van der Waals surface area contributed by atoms with Gasteiger partial charge in [-0.3, -0.25) is 13.8 Å². The summed E-state index contributed by atoms with van der Waals surface area (Å²) in [4.78, 5) is 10.6. The lowest BCUT2D eigenvalue weighted by molar-refractivity contribution is -0.112. The summed E-state index contributed by atoms with van der Waals surface area (Å²) in [5.74, 6) is -0.208. The molecule has 0 unspecified atom stereocenters. The minimum absolute atomic E-state index is 0.208. The van der Waals surface area contributed by atoms with Gasteiger partial charge in [-0.15, -0.1) is 0 Å². The number of hydrogen-bond acceptors (Lipinski definition) is 5. The molecule has 0 atom stereocenters. The Morgan fingerprint density at radius 1 is 1.12 bits per heavy atom. The number of phosphoric acid groups is 1. The zero-order chi connectivity index (χ0) is 12.8. The van der Waals surface area contributed by atoms with Gasteiger partial charge in [-0.05, 0) is 34.6 Å². The quantitative estimate of drug-likeness (QED) is 0.394. The maximum Gasteiger partial charge on any atom is 0.529 e. The fraction of sp³-hybridized carbons (Fsp3) is 0.700. The number of ketones is 1. The topological polar surface area (TPSA) is 61.8 Å². The van der Waals surface area contributed by atoms with Crippen molar-refractivity contribution < 1.29 is 22.9 Å². The smallest absolute Gasteiger partial charge is 0.412 e. The Bertz CT molecular complexity index is 282. The second kappa shape index (κ2) is 6.84. The van der Waals surface area contributed by atoms with Crippen LogP contribution in [0.3, 0.4) is 0 Å². The van der Waals surface area contributed by atoms with E-state index in [1.807, 2.05) is 0 Å². The van der Waals surface area contributed by atoms with Gasteiger partial charge in [0.25, 0.3) is 0 Å². The normalized spacial score (nSPS) is 12.7. The van der Waals surface area contributed by atoms with Crippen LogP contribution in [0.25, 0.3) is 0 Å². The molecule has 0 aliphatic heterocycles. The minimum atomic E-state index is -3.63. The molecular weight excluding hydrogens is 231 g/mol. The van der Waals surface area contributed by atoms with Crippen LogP contribution in [0, 0.1) is 0 Å². The molecule has 0 spiro atoms. The van der Waals surface area contributed by atoms with Gasteiger partial charge >= 0.3 is 7.82 Å². The summed E-state index contributed by atoms with van der Waals surface area (Å²) in [6.45, 7) is 8.23. The Labute approximate surface area is 96.4 Å². The van der Waals surface area contributed by atoms with Crippen LogP contribution in [0.15, 0.2) is 12.3 Å². The third-order valence-electron chi connectivity index (χ3n) is 1.17. The molecule has 0 bridgehead atoms. The fourth-order valence-corrected chi connectivity index (χ4v) is 2.18. The van der Waals surface area contributed by atoms with Crippen LogP contribution < -0.4 is 0 Å². The Morgan fingerprint density at radius 2 is 1.56 bits per heavy atom. The lowest BCUT2D eigenvalue weighted by Crippen LogP contribution is -2.08. The van der Waals surface area contributed by atoms with E-state index in [0.717, 1.165) is 12.3 Å². The highest BCUT2D eigenvalue weighted by Crippen LogP contribution is 2.51. The van der Waals surface area contributed by atoms with Crippen LogP contribution in [0.5, 0.6) is 0 Å². The predicted octanol–water partition coefficient (Wildman–Crippen LogP) is 3.06. The van der Waals surface area contributed by atoms with Crippen LogP contribution >= 0.6 is 7.82 Å². The average Bonchev–Trinajstić information content (AvgIpc) is 1.98. The van der Waals surface area contributed by atoms with E-state index in [0.29, 0.717) is 0 Å². The maximum atomic E-state index is 12.0. The third-order valence-corrected chi connectivity index (χ3v) is 2.91. The molecule has 94 valence electrons. The molecule has 0 radical (unpaired) electrons. The van der Waals surface area contributed by atoms with E-state index in [2.05, 4.69) is 0 Å². The van der Waals surface area contributed by atoms with Crippen molar-refractivity contribution in [3.63, 3.8) is 0 Å². The van der Waals surface area contributed by atoms with Gasteiger partial charge in [0.05, 0.1) is 18.5 Å². The molecule has 0 fully saturated rings. The van der Waals surface area contributed by atoms with Gasteiger partial charge in [0.1, 0.15) is 0 Å². The van der Waals surface area contributed by atoms with E-state index >= 15 is 0 Å². The second-order valence-electron chi connectivity index (χ2n) is 3.77. The van der Waals surface area contributed by atoms with Crippen LogP contribution in [0.1, 0.15) is 34.6 Å². The highest BCUT2D eigenvalue weighted by molar-refractivity contribution is 7.48. The number of carbonyl (C=O) groups is 1. The molecule has 0 amide bonds.